The summed E-state index contributed by atoms with van der Waals surface area (Å²) in [5, 5.41) is 2.02. The van der Waals surface area contributed by atoms with Gasteiger partial charge in [-0.25, -0.2) is 0 Å². The van der Waals surface area contributed by atoms with Gasteiger partial charge in [0.05, 0.1) is 18.1 Å². The average Bonchev–Trinajstić information content (AvgIpc) is 2.87. The maximum absolute atomic E-state index is 12.3. The Morgan fingerprint density at radius 3 is 2.58 bits per heavy atom. The van der Waals surface area contributed by atoms with Crippen molar-refractivity contribution in [3.8, 4) is 0 Å². The maximum Gasteiger partial charge on any atom is 0.263 e. The van der Waals surface area contributed by atoms with Crippen LogP contribution in [0.15, 0.2) is 11.4 Å². The van der Waals surface area contributed by atoms with E-state index >= 15 is 0 Å². The lowest BCUT2D eigenvalue weighted by atomic mass is 10.0. The second-order valence-corrected chi connectivity index (χ2v) is 6.15. The number of carbonyl (C=O) groups excluding carboxylic acids is 1. The van der Waals surface area contributed by atoms with Gasteiger partial charge in [-0.3, -0.25) is 4.79 Å². The van der Waals surface area contributed by atoms with E-state index in [2.05, 4.69) is 0 Å². The Labute approximate surface area is 117 Å². The predicted octanol–water partition coefficient (Wildman–Crippen LogP) is 2.43. The third kappa shape index (κ3) is 2.68. The third-order valence-corrected chi connectivity index (χ3v) is 4.81. The molecule has 3 heterocycles. The van der Waals surface area contributed by atoms with Gasteiger partial charge in [0, 0.05) is 25.9 Å². The Bertz CT molecular complexity index is 455. The lowest BCUT2D eigenvalue weighted by Crippen LogP contribution is -2.51. The molecule has 0 saturated carbocycles. The fourth-order valence-corrected chi connectivity index (χ4v) is 3.52. The van der Waals surface area contributed by atoms with Crippen molar-refractivity contribution in [2.45, 2.75) is 32.0 Å². The van der Waals surface area contributed by atoms with E-state index in [1.807, 2.05) is 23.3 Å². The number of likely N-dealkylation sites (tertiary alicyclic amines) is 1. The number of nitrogens with zero attached hydrogens (tertiary/aromatic N) is 1. The molecule has 0 N–H and O–H groups in total. The van der Waals surface area contributed by atoms with Crippen molar-refractivity contribution in [1.82, 2.24) is 4.90 Å². The van der Waals surface area contributed by atoms with Gasteiger partial charge in [-0.05, 0) is 30.4 Å². The van der Waals surface area contributed by atoms with E-state index in [-0.39, 0.29) is 5.91 Å². The van der Waals surface area contributed by atoms with E-state index < -0.39 is 5.79 Å². The fourth-order valence-electron chi connectivity index (χ4n) is 2.66. The van der Waals surface area contributed by atoms with Crippen molar-refractivity contribution in [3.05, 3.63) is 21.9 Å². The first-order valence-electron chi connectivity index (χ1n) is 6.81. The summed E-state index contributed by atoms with van der Waals surface area (Å²) in [7, 11) is 0. The third-order valence-electron chi connectivity index (χ3n) is 3.77. The molecule has 2 fully saturated rings. The zero-order valence-electron chi connectivity index (χ0n) is 11.2. The molecule has 1 aromatic heterocycles. The van der Waals surface area contributed by atoms with E-state index in [0.29, 0.717) is 0 Å². The van der Waals surface area contributed by atoms with Gasteiger partial charge in [-0.1, -0.05) is 0 Å². The van der Waals surface area contributed by atoms with Gasteiger partial charge in [0.1, 0.15) is 0 Å². The van der Waals surface area contributed by atoms with Crippen LogP contribution >= 0.6 is 11.3 Å². The van der Waals surface area contributed by atoms with Gasteiger partial charge in [0.2, 0.25) is 0 Å². The van der Waals surface area contributed by atoms with Gasteiger partial charge in [0.15, 0.2) is 5.79 Å². The molecule has 0 aliphatic carbocycles. The van der Waals surface area contributed by atoms with Gasteiger partial charge in [0.25, 0.3) is 5.91 Å². The van der Waals surface area contributed by atoms with E-state index in [4.69, 9.17) is 9.47 Å². The molecule has 1 amide bonds. The molecule has 0 bridgehead atoms. The molecule has 0 atom stereocenters. The molecule has 4 nitrogen and oxygen atoms in total. The van der Waals surface area contributed by atoms with Gasteiger partial charge in [-0.2, -0.15) is 0 Å². The summed E-state index contributed by atoms with van der Waals surface area (Å²) in [5.41, 5.74) is 1.15. The normalized spacial score (nSPS) is 22.7. The molecule has 2 aliphatic rings. The summed E-state index contributed by atoms with van der Waals surface area (Å²) >= 11 is 1.52. The Morgan fingerprint density at radius 1 is 1.32 bits per heavy atom. The van der Waals surface area contributed by atoms with Crippen LogP contribution in [-0.4, -0.2) is 42.9 Å². The Morgan fingerprint density at radius 2 is 2.00 bits per heavy atom. The first-order valence-corrected chi connectivity index (χ1v) is 7.69. The lowest BCUT2D eigenvalue weighted by molar-refractivity contribution is -0.281. The number of rotatable bonds is 1. The zero-order chi connectivity index (χ0) is 13.3. The lowest BCUT2D eigenvalue weighted by Gasteiger charge is -2.43. The topological polar surface area (TPSA) is 38.8 Å². The second kappa shape index (κ2) is 5.23. The molecule has 1 aromatic rings. The van der Waals surface area contributed by atoms with Crippen LogP contribution in [0.1, 0.15) is 34.5 Å². The Balaban J connectivity index is 1.62. The van der Waals surface area contributed by atoms with Crippen molar-refractivity contribution in [2.24, 2.45) is 0 Å². The first-order chi connectivity index (χ1) is 9.19. The van der Waals surface area contributed by atoms with Crippen molar-refractivity contribution < 1.29 is 14.3 Å². The van der Waals surface area contributed by atoms with E-state index in [1.165, 1.54) is 11.3 Å². The molecular formula is C14H19NO3S. The zero-order valence-corrected chi connectivity index (χ0v) is 12.0. The molecule has 19 heavy (non-hydrogen) atoms. The van der Waals surface area contributed by atoms with Crippen LogP contribution in [0.4, 0.5) is 0 Å². The number of hydrogen-bond donors (Lipinski definition) is 0. The number of piperidine rings is 1. The quantitative estimate of drug-likeness (QED) is 0.793. The van der Waals surface area contributed by atoms with Crippen LogP contribution in [0.2, 0.25) is 0 Å². The van der Waals surface area contributed by atoms with Gasteiger partial charge >= 0.3 is 0 Å². The minimum Gasteiger partial charge on any atom is -0.350 e. The highest BCUT2D eigenvalue weighted by Crippen LogP contribution is 2.31. The molecule has 2 aliphatic heterocycles. The molecule has 1 spiro atoms. The Hall–Kier alpha value is -0.910. The van der Waals surface area contributed by atoms with Crippen LogP contribution in [0.3, 0.4) is 0 Å². The maximum atomic E-state index is 12.3. The summed E-state index contributed by atoms with van der Waals surface area (Å²) in [6.07, 6.45) is 2.53. The summed E-state index contributed by atoms with van der Waals surface area (Å²) < 4.78 is 11.6. The summed E-state index contributed by atoms with van der Waals surface area (Å²) in [4.78, 5) is 15.1. The van der Waals surface area contributed by atoms with Crippen LogP contribution < -0.4 is 0 Å². The molecule has 2 saturated heterocycles. The molecule has 5 heteroatoms. The predicted molar refractivity (Wildman–Crippen MR) is 73.4 cm³/mol. The SMILES string of the molecule is Cc1csc(C(=O)N2CCC3(CC2)OCCCO3)c1. The fraction of sp³-hybridized carbons (Fsp3) is 0.643. The number of hydrogen-bond acceptors (Lipinski definition) is 4. The summed E-state index contributed by atoms with van der Waals surface area (Å²) in [5.74, 6) is -0.274. The highest BCUT2D eigenvalue weighted by atomic mass is 32.1. The van der Waals surface area contributed by atoms with Crippen molar-refractivity contribution in [1.29, 1.82) is 0 Å². The van der Waals surface area contributed by atoms with E-state index in [0.717, 1.165) is 56.0 Å². The molecule has 0 unspecified atom stereocenters. The highest BCUT2D eigenvalue weighted by Gasteiger charge is 2.39. The molecule has 0 aromatic carbocycles. The van der Waals surface area contributed by atoms with Crippen molar-refractivity contribution in [2.75, 3.05) is 26.3 Å². The molecule has 0 radical (unpaired) electrons. The smallest absolute Gasteiger partial charge is 0.263 e. The largest absolute Gasteiger partial charge is 0.350 e. The van der Waals surface area contributed by atoms with E-state index in [9.17, 15) is 4.79 Å². The van der Waals surface area contributed by atoms with Crippen molar-refractivity contribution >= 4 is 17.2 Å². The molecule has 3 rings (SSSR count). The minimum absolute atomic E-state index is 0.142. The van der Waals surface area contributed by atoms with Crippen LogP contribution in [-0.2, 0) is 9.47 Å². The Kier molecular flexibility index (Phi) is 3.60. The standard InChI is InChI=1S/C14H19NO3S/c1-11-9-12(19-10-11)13(16)15-5-3-14(4-6-15)17-7-2-8-18-14/h9-10H,2-8H2,1H3. The number of amides is 1. The van der Waals surface area contributed by atoms with Crippen LogP contribution in [0, 0.1) is 6.92 Å². The first kappa shape index (κ1) is 13.1. The summed E-state index contributed by atoms with van der Waals surface area (Å²) in [6.45, 7) is 5.00. The molecule has 104 valence electrons. The van der Waals surface area contributed by atoms with Crippen molar-refractivity contribution in [3.63, 3.8) is 0 Å². The number of carbonyl (C=O) groups is 1. The average molecular weight is 281 g/mol. The van der Waals surface area contributed by atoms with E-state index in [1.54, 1.807) is 0 Å². The van der Waals surface area contributed by atoms with Crippen LogP contribution in [0.5, 0.6) is 0 Å². The number of aryl methyl sites for hydroxylation is 1. The number of thiophene rings is 1. The van der Waals surface area contributed by atoms with Gasteiger partial charge in [-0.15, -0.1) is 11.3 Å². The highest BCUT2D eigenvalue weighted by molar-refractivity contribution is 7.12. The molecular weight excluding hydrogens is 262 g/mol. The number of ether oxygens (including phenoxy) is 2. The monoisotopic (exact) mass is 281 g/mol. The summed E-state index contributed by atoms with van der Waals surface area (Å²) in [6, 6.07) is 1.96. The second-order valence-electron chi connectivity index (χ2n) is 5.24. The van der Waals surface area contributed by atoms with Crippen LogP contribution in [0.25, 0.3) is 0 Å². The van der Waals surface area contributed by atoms with Gasteiger partial charge < -0.3 is 14.4 Å². The minimum atomic E-state index is -0.416.